The molecule has 1 heteroatoms. The van der Waals surface area contributed by atoms with Crippen molar-refractivity contribution in [3.8, 4) is 11.1 Å². The minimum absolute atomic E-state index is 1.01. The largest absolute Gasteiger partial charge is 0.273 e. The summed E-state index contributed by atoms with van der Waals surface area (Å²) in [6.45, 7) is 13.0. The molecule has 0 amide bonds. The quantitative estimate of drug-likeness (QED) is 0.185. The first-order chi connectivity index (χ1) is 18.2. The van der Waals surface area contributed by atoms with E-state index in [0.717, 1.165) is 12.8 Å². The molecule has 0 nitrogen and oxygen atoms in total. The van der Waals surface area contributed by atoms with Crippen LogP contribution in [0.3, 0.4) is 0 Å². The monoisotopic (exact) mass is 570 g/mol. The average Bonchev–Trinajstić information content (AvgIpc) is 3.58. The van der Waals surface area contributed by atoms with Gasteiger partial charge in [-0.1, -0.05) is 31.5 Å². The summed E-state index contributed by atoms with van der Waals surface area (Å²) in [6, 6.07) is 28.1. The van der Waals surface area contributed by atoms with E-state index in [0.29, 0.717) is 0 Å². The SMILES string of the molecule is Cc1[c-]c2c(cc1C)-c1cc(C)c(C)cc1C2.Cc1ccc([C](=[Zr+2])c2ccc(C)cc2)cc1.[C-]1=CC=CC1. The second kappa shape index (κ2) is 12.8. The van der Waals surface area contributed by atoms with Crippen LogP contribution in [0.25, 0.3) is 11.1 Å². The fourth-order valence-corrected chi connectivity index (χ4v) is 5.41. The molecule has 0 fully saturated rings. The third-order valence-corrected chi connectivity index (χ3v) is 8.68. The van der Waals surface area contributed by atoms with Gasteiger partial charge in [-0.3, -0.25) is 6.08 Å². The Labute approximate surface area is 244 Å². The summed E-state index contributed by atoms with van der Waals surface area (Å²) in [5.41, 5.74) is 16.4. The van der Waals surface area contributed by atoms with Gasteiger partial charge in [-0.25, -0.2) is 12.2 Å². The molecule has 188 valence electrons. The van der Waals surface area contributed by atoms with Gasteiger partial charge in [0.25, 0.3) is 0 Å². The van der Waals surface area contributed by atoms with Crippen molar-refractivity contribution in [3.63, 3.8) is 0 Å². The van der Waals surface area contributed by atoms with Gasteiger partial charge in [0.2, 0.25) is 0 Å². The molecule has 0 saturated carbocycles. The van der Waals surface area contributed by atoms with Crippen LogP contribution < -0.4 is 0 Å². The molecule has 0 saturated heterocycles. The Morgan fingerprint density at radius 1 is 0.684 bits per heavy atom. The molecule has 0 radical (unpaired) electrons. The summed E-state index contributed by atoms with van der Waals surface area (Å²) in [5, 5.41) is 0. The molecule has 0 heterocycles. The average molecular weight is 572 g/mol. The number of fused-ring (bicyclic) bond motifs is 3. The van der Waals surface area contributed by atoms with E-state index < -0.39 is 0 Å². The van der Waals surface area contributed by atoms with Crippen LogP contribution in [0.2, 0.25) is 0 Å². The zero-order chi connectivity index (χ0) is 27.2. The number of hydrogen-bond donors (Lipinski definition) is 0. The fourth-order valence-electron chi connectivity index (χ4n) is 4.59. The first-order valence-electron chi connectivity index (χ1n) is 13.3. The van der Waals surface area contributed by atoms with Gasteiger partial charge in [0.05, 0.1) is 0 Å². The zero-order valence-corrected chi connectivity index (χ0v) is 26.0. The molecule has 0 N–H and O–H groups in total. The van der Waals surface area contributed by atoms with Crippen molar-refractivity contribution in [2.75, 3.05) is 0 Å². The van der Waals surface area contributed by atoms with Gasteiger partial charge in [0.1, 0.15) is 0 Å². The van der Waals surface area contributed by atoms with Gasteiger partial charge in [-0.05, 0) is 37.0 Å². The van der Waals surface area contributed by atoms with Crippen LogP contribution in [0.1, 0.15) is 62.1 Å². The van der Waals surface area contributed by atoms with E-state index in [2.05, 4.69) is 126 Å². The van der Waals surface area contributed by atoms with E-state index in [1.807, 2.05) is 12.2 Å². The molecule has 4 aromatic rings. The van der Waals surface area contributed by atoms with Crippen molar-refractivity contribution >= 4 is 3.21 Å². The number of hydrogen-bond acceptors (Lipinski definition) is 0. The maximum atomic E-state index is 3.54. The Morgan fingerprint density at radius 3 is 1.74 bits per heavy atom. The maximum Gasteiger partial charge on any atom is -0.109 e. The Balaban J connectivity index is 0.000000150. The van der Waals surface area contributed by atoms with E-state index in [9.17, 15) is 0 Å². The summed E-state index contributed by atoms with van der Waals surface area (Å²) in [6.07, 6.45) is 11.0. The zero-order valence-electron chi connectivity index (χ0n) is 23.5. The summed E-state index contributed by atoms with van der Waals surface area (Å²) in [4.78, 5) is 0. The topological polar surface area (TPSA) is 0 Å². The van der Waals surface area contributed by atoms with E-state index in [4.69, 9.17) is 0 Å². The van der Waals surface area contributed by atoms with Gasteiger partial charge in [0, 0.05) is 0 Å². The van der Waals surface area contributed by atoms with Crippen LogP contribution in [-0.2, 0) is 30.7 Å². The molecule has 0 unspecified atom stereocenters. The van der Waals surface area contributed by atoms with Gasteiger partial charge in [-0.15, -0.1) is 17.5 Å². The standard InChI is InChI=1S/C17H17.C15H14.C5H5.Zr/c1-10-5-14-9-15-6-11(2)13(4)8-17(15)16(14)7-12(10)3;1-12-3-7-14(8-4-12)11-15-9-5-13(2)6-10-15;1-2-4-5-3-1;/h5,7-8H,9H2,1-4H3;3-10H,1-2H3;1-3H,4H2;/q-1;;-1;+2. The van der Waals surface area contributed by atoms with Gasteiger partial charge >= 0.3 is 112 Å². The van der Waals surface area contributed by atoms with Crippen LogP contribution in [0.15, 0.2) is 85.0 Å². The second-order valence-electron chi connectivity index (χ2n) is 10.4. The van der Waals surface area contributed by atoms with Gasteiger partial charge in [0.15, 0.2) is 0 Å². The molecule has 2 aliphatic carbocycles. The van der Waals surface area contributed by atoms with Crippen molar-refractivity contribution < 1.29 is 24.2 Å². The van der Waals surface area contributed by atoms with Crippen LogP contribution in [0.5, 0.6) is 0 Å². The first kappa shape index (κ1) is 28.1. The van der Waals surface area contributed by atoms with E-state index >= 15 is 0 Å². The minimum atomic E-state index is 1.01. The van der Waals surface area contributed by atoms with Crippen molar-refractivity contribution in [1.29, 1.82) is 0 Å². The molecule has 0 aliphatic heterocycles. The van der Waals surface area contributed by atoms with Crippen molar-refractivity contribution in [2.45, 2.75) is 54.4 Å². The summed E-state index contributed by atoms with van der Waals surface area (Å²) in [5.74, 6) is 0. The molecule has 0 aromatic heterocycles. The third kappa shape index (κ3) is 6.95. The summed E-state index contributed by atoms with van der Waals surface area (Å²) < 4.78 is 1.42. The smallest absolute Gasteiger partial charge is 0.109 e. The number of aryl methyl sites for hydroxylation is 6. The van der Waals surface area contributed by atoms with Crippen molar-refractivity contribution in [2.24, 2.45) is 0 Å². The van der Waals surface area contributed by atoms with E-state index in [1.54, 1.807) is 0 Å². The Morgan fingerprint density at radius 2 is 1.24 bits per heavy atom. The first-order valence-corrected chi connectivity index (χ1v) is 14.5. The minimum Gasteiger partial charge on any atom is -0.273 e. The molecular weight excluding hydrogens is 536 g/mol. The van der Waals surface area contributed by atoms with Crippen LogP contribution in [0, 0.1) is 53.7 Å². The Hall–Kier alpha value is -2.89. The predicted octanol–water partition coefficient (Wildman–Crippen LogP) is 9.02. The van der Waals surface area contributed by atoms with Crippen LogP contribution >= 0.6 is 0 Å². The van der Waals surface area contributed by atoms with Gasteiger partial charge in [-0.2, -0.15) is 29.3 Å². The van der Waals surface area contributed by atoms with Crippen LogP contribution in [0.4, 0.5) is 0 Å². The molecule has 0 bridgehead atoms. The summed E-state index contributed by atoms with van der Waals surface area (Å²) in [7, 11) is 0. The number of benzene rings is 4. The molecule has 4 aromatic carbocycles. The maximum absolute atomic E-state index is 3.54. The van der Waals surface area contributed by atoms with Crippen LogP contribution in [-0.4, -0.2) is 3.21 Å². The normalized spacial score (nSPS) is 12.2. The molecule has 38 heavy (non-hydrogen) atoms. The summed E-state index contributed by atoms with van der Waals surface area (Å²) >= 11 is 1.46. The molecule has 0 spiro atoms. The number of rotatable bonds is 2. The molecule has 0 atom stereocenters. The van der Waals surface area contributed by atoms with Crippen molar-refractivity contribution in [1.82, 2.24) is 0 Å². The Bertz CT molecular complexity index is 1380. The Kier molecular flexibility index (Phi) is 9.46. The molecule has 2 aliphatic rings. The van der Waals surface area contributed by atoms with Gasteiger partial charge < -0.3 is 0 Å². The molecule has 6 rings (SSSR count). The molecular formula is C37H36Zr. The predicted molar refractivity (Wildman–Crippen MR) is 160 cm³/mol. The number of allylic oxidation sites excluding steroid dienone is 4. The fraction of sp³-hybridized carbons (Fsp3) is 0.216. The van der Waals surface area contributed by atoms with E-state index in [-0.39, 0.29) is 0 Å². The second-order valence-corrected chi connectivity index (χ2v) is 11.6. The van der Waals surface area contributed by atoms with Crippen molar-refractivity contribution in [3.05, 3.63) is 153 Å². The van der Waals surface area contributed by atoms with E-state index in [1.165, 1.54) is 94.2 Å². The third-order valence-electron chi connectivity index (χ3n) is 7.26.